The molecule has 3 aromatic rings. The Kier molecular flexibility index (Phi) is 6.77. The van der Waals surface area contributed by atoms with Crippen molar-refractivity contribution in [2.75, 3.05) is 6.61 Å². The quantitative estimate of drug-likeness (QED) is 0.499. The molecule has 1 aliphatic rings. The molecule has 4 rings (SSSR count). The number of hydrogen-bond donors (Lipinski definition) is 0. The van der Waals surface area contributed by atoms with Crippen molar-refractivity contribution in [3.8, 4) is 0 Å². The summed E-state index contributed by atoms with van der Waals surface area (Å²) in [5.41, 5.74) is 0. The predicted octanol–water partition coefficient (Wildman–Crippen LogP) is 5.26. The molecule has 2 atom stereocenters. The monoisotopic (exact) mass is 405 g/mol. The molecule has 0 aliphatic carbocycles. The van der Waals surface area contributed by atoms with E-state index in [0.29, 0.717) is 0 Å². The predicted molar refractivity (Wildman–Crippen MR) is 124 cm³/mol. The Morgan fingerprint density at radius 1 is 0.793 bits per heavy atom. The van der Waals surface area contributed by atoms with E-state index >= 15 is 0 Å². The molecule has 0 bridgehead atoms. The van der Waals surface area contributed by atoms with Gasteiger partial charge in [-0.1, -0.05) is 61.5 Å². The second kappa shape index (κ2) is 9.67. The first-order chi connectivity index (χ1) is 14.4. The Morgan fingerprint density at radius 2 is 1.28 bits per heavy atom. The first-order valence-electron chi connectivity index (χ1n) is 10.7. The Morgan fingerprint density at radius 3 is 1.66 bits per heavy atom. The van der Waals surface area contributed by atoms with Crippen LogP contribution in [-0.2, 0) is 9.47 Å². The van der Waals surface area contributed by atoms with E-state index < -0.39 is 7.26 Å². The van der Waals surface area contributed by atoms with Crippen LogP contribution < -0.4 is 15.9 Å². The highest BCUT2D eigenvalue weighted by Crippen LogP contribution is 2.61. The van der Waals surface area contributed by atoms with Gasteiger partial charge < -0.3 is 9.47 Å². The standard InChI is InChI=1S/C26H30O2P/c1-2-26(28-25-20-12-13-21-27-25)29(22-14-6-3-7-15-22,23-16-8-4-9-17-23)24-18-10-5-11-19-24/h3-11,14-19,25-26H,2,12-13,20-21H2,1H3/q+1. The first-order valence-corrected chi connectivity index (χ1v) is 12.5. The summed E-state index contributed by atoms with van der Waals surface area (Å²) in [6.07, 6.45) is 4.12. The van der Waals surface area contributed by atoms with Crippen molar-refractivity contribution in [1.82, 2.24) is 0 Å². The van der Waals surface area contributed by atoms with E-state index in [2.05, 4.69) is 97.9 Å². The fraction of sp³-hybridized carbons (Fsp3) is 0.308. The molecule has 2 nitrogen and oxygen atoms in total. The van der Waals surface area contributed by atoms with Crippen LogP contribution in [0.2, 0.25) is 0 Å². The molecule has 150 valence electrons. The van der Waals surface area contributed by atoms with E-state index in [1.165, 1.54) is 22.3 Å². The number of rotatable bonds is 7. The minimum atomic E-state index is -2.03. The molecule has 1 saturated heterocycles. The molecular formula is C26H30O2P+. The van der Waals surface area contributed by atoms with Crippen LogP contribution in [-0.4, -0.2) is 18.7 Å². The normalized spacial score (nSPS) is 18.3. The van der Waals surface area contributed by atoms with Gasteiger partial charge in [-0.2, -0.15) is 0 Å². The van der Waals surface area contributed by atoms with Crippen LogP contribution in [0.4, 0.5) is 0 Å². The minimum Gasteiger partial charge on any atom is -0.352 e. The van der Waals surface area contributed by atoms with Crippen LogP contribution in [0, 0.1) is 0 Å². The zero-order chi connectivity index (χ0) is 19.9. The molecule has 2 unspecified atom stereocenters. The maximum Gasteiger partial charge on any atom is 0.184 e. The van der Waals surface area contributed by atoms with Gasteiger partial charge in [0.2, 0.25) is 0 Å². The van der Waals surface area contributed by atoms with Crippen LogP contribution in [0.3, 0.4) is 0 Å². The van der Waals surface area contributed by atoms with Crippen LogP contribution in [0.1, 0.15) is 32.6 Å². The molecule has 0 amide bonds. The van der Waals surface area contributed by atoms with Crippen molar-refractivity contribution in [2.24, 2.45) is 0 Å². The molecule has 0 spiro atoms. The van der Waals surface area contributed by atoms with Crippen molar-refractivity contribution < 1.29 is 9.47 Å². The lowest BCUT2D eigenvalue weighted by atomic mass is 10.2. The van der Waals surface area contributed by atoms with Gasteiger partial charge in [0, 0.05) is 13.0 Å². The zero-order valence-electron chi connectivity index (χ0n) is 17.1. The van der Waals surface area contributed by atoms with Gasteiger partial charge in [-0.15, -0.1) is 0 Å². The topological polar surface area (TPSA) is 18.5 Å². The highest BCUT2D eigenvalue weighted by molar-refractivity contribution is 7.96. The third-order valence-corrected chi connectivity index (χ3v) is 10.4. The van der Waals surface area contributed by atoms with Crippen molar-refractivity contribution in [3.63, 3.8) is 0 Å². The molecule has 0 N–H and O–H groups in total. The summed E-state index contributed by atoms with van der Waals surface area (Å²) in [6, 6.07) is 32.9. The van der Waals surface area contributed by atoms with E-state index in [-0.39, 0.29) is 12.1 Å². The Labute approximate surface area is 175 Å². The van der Waals surface area contributed by atoms with Crippen molar-refractivity contribution in [3.05, 3.63) is 91.0 Å². The Hall–Kier alpha value is -1.99. The Bertz CT molecular complexity index is 764. The molecule has 1 fully saturated rings. The second-order valence-electron chi connectivity index (χ2n) is 7.52. The molecule has 0 saturated carbocycles. The van der Waals surface area contributed by atoms with Gasteiger partial charge in [0.15, 0.2) is 12.1 Å². The summed E-state index contributed by atoms with van der Waals surface area (Å²) in [4.78, 5) is 0. The van der Waals surface area contributed by atoms with Gasteiger partial charge in [0.05, 0.1) is 0 Å². The summed E-state index contributed by atoms with van der Waals surface area (Å²) >= 11 is 0. The lowest BCUT2D eigenvalue weighted by molar-refractivity contribution is -0.171. The molecule has 3 heteroatoms. The SMILES string of the molecule is CCC(OC1CCCCO1)[P+](c1ccccc1)(c1ccccc1)c1ccccc1. The van der Waals surface area contributed by atoms with E-state index in [1.807, 2.05) is 0 Å². The number of benzene rings is 3. The third-order valence-electron chi connectivity index (χ3n) is 5.72. The van der Waals surface area contributed by atoms with Gasteiger partial charge in [-0.3, -0.25) is 0 Å². The number of ether oxygens (including phenoxy) is 2. The molecule has 0 radical (unpaired) electrons. The van der Waals surface area contributed by atoms with Crippen LogP contribution in [0.15, 0.2) is 91.0 Å². The van der Waals surface area contributed by atoms with Gasteiger partial charge in [0.25, 0.3) is 0 Å². The summed E-state index contributed by atoms with van der Waals surface area (Å²) < 4.78 is 12.8. The summed E-state index contributed by atoms with van der Waals surface area (Å²) in [5, 5.41) is 4.08. The van der Waals surface area contributed by atoms with E-state index in [0.717, 1.165) is 25.9 Å². The van der Waals surface area contributed by atoms with E-state index in [1.54, 1.807) is 0 Å². The minimum absolute atomic E-state index is 0.0674. The van der Waals surface area contributed by atoms with Crippen molar-refractivity contribution in [1.29, 1.82) is 0 Å². The van der Waals surface area contributed by atoms with Gasteiger partial charge in [0.1, 0.15) is 23.2 Å². The largest absolute Gasteiger partial charge is 0.352 e. The lowest BCUT2D eigenvalue weighted by Crippen LogP contribution is -2.42. The van der Waals surface area contributed by atoms with Crippen LogP contribution in [0.25, 0.3) is 0 Å². The molecular weight excluding hydrogens is 375 g/mol. The summed E-state index contributed by atoms with van der Waals surface area (Å²) in [7, 11) is -2.03. The first kappa shape index (κ1) is 20.3. The molecule has 1 heterocycles. The van der Waals surface area contributed by atoms with Gasteiger partial charge >= 0.3 is 0 Å². The molecule has 29 heavy (non-hydrogen) atoms. The number of hydrogen-bond acceptors (Lipinski definition) is 2. The molecule has 3 aromatic carbocycles. The van der Waals surface area contributed by atoms with Crippen LogP contribution in [0.5, 0.6) is 0 Å². The Balaban J connectivity index is 1.91. The second-order valence-corrected chi connectivity index (χ2v) is 11.1. The molecule has 1 aliphatic heterocycles. The summed E-state index contributed by atoms with van der Waals surface area (Å²) in [5.74, 6) is 0.0674. The average Bonchev–Trinajstić information content (AvgIpc) is 2.82. The fourth-order valence-corrected chi connectivity index (χ4v) is 9.08. The summed E-state index contributed by atoms with van der Waals surface area (Å²) in [6.45, 7) is 3.05. The van der Waals surface area contributed by atoms with Gasteiger partial charge in [-0.05, 0) is 55.7 Å². The van der Waals surface area contributed by atoms with E-state index in [4.69, 9.17) is 9.47 Å². The zero-order valence-corrected chi connectivity index (χ0v) is 18.0. The fourth-order valence-electron chi connectivity index (χ4n) is 4.39. The maximum atomic E-state index is 6.80. The lowest BCUT2D eigenvalue weighted by Gasteiger charge is -2.36. The van der Waals surface area contributed by atoms with Crippen molar-refractivity contribution >= 4 is 23.2 Å². The average molecular weight is 405 g/mol. The maximum absolute atomic E-state index is 6.80. The molecule has 0 aromatic heterocycles. The smallest absolute Gasteiger partial charge is 0.184 e. The highest BCUT2D eigenvalue weighted by atomic mass is 31.2. The van der Waals surface area contributed by atoms with Gasteiger partial charge in [-0.25, -0.2) is 0 Å². The van der Waals surface area contributed by atoms with Crippen LogP contribution >= 0.6 is 7.26 Å². The third kappa shape index (κ3) is 4.16. The van der Waals surface area contributed by atoms with E-state index in [9.17, 15) is 0 Å². The highest BCUT2D eigenvalue weighted by Gasteiger charge is 2.53. The van der Waals surface area contributed by atoms with Crippen molar-refractivity contribution in [2.45, 2.75) is 44.7 Å².